The van der Waals surface area contributed by atoms with Crippen LogP contribution in [0.15, 0.2) is 6.20 Å². The molecule has 8 heavy (non-hydrogen) atoms. The first-order valence-corrected chi connectivity index (χ1v) is 3.50. The summed E-state index contributed by atoms with van der Waals surface area (Å²) in [6, 6.07) is 0. The van der Waals surface area contributed by atoms with Gasteiger partial charge in [-0.15, -0.1) is 0 Å². The van der Waals surface area contributed by atoms with E-state index in [1.165, 1.54) is 0 Å². The second kappa shape index (κ2) is 2.23. The van der Waals surface area contributed by atoms with Crippen molar-refractivity contribution in [3.05, 3.63) is 14.9 Å². The molecule has 0 bridgehead atoms. The Kier molecular flexibility index (Phi) is 1.77. The maximum absolute atomic E-state index is 5.59. The molecule has 4 heteroatoms. The minimum absolute atomic E-state index is 0.577. The van der Waals surface area contributed by atoms with E-state index >= 15 is 0 Å². The van der Waals surface area contributed by atoms with E-state index in [9.17, 15) is 0 Å². The standard InChI is InChI=1S/C4H4ClIN2/c1-8-2-3(6)4(5)7-8/h2H,1H3. The third-order valence-electron chi connectivity index (χ3n) is 0.743. The molecule has 0 fully saturated rings. The molecular formula is C4H4ClIN2. The van der Waals surface area contributed by atoms with Gasteiger partial charge in [-0.1, -0.05) is 11.6 Å². The number of aromatic nitrogens is 2. The van der Waals surface area contributed by atoms with E-state index in [2.05, 4.69) is 27.7 Å². The van der Waals surface area contributed by atoms with Gasteiger partial charge < -0.3 is 0 Å². The van der Waals surface area contributed by atoms with Crippen molar-refractivity contribution in [2.24, 2.45) is 7.05 Å². The Morgan fingerprint density at radius 2 is 2.50 bits per heavy atom. The van der Waals surface area contributed by atoms with Crippen LogP contribution in [-0.4, -0.2) is 9.78 Å². The molecule has 1 aromatic rings. The van der Waals surface area contributed by atoms with Crippen LogP contribution in [0.3, 0.4) is 0 Å². The minimum atomic E-state index is 0.577. The Hall–Kier alpha value is 0.230. The Morgan fingerprint density at radius 1 is 1.88 bits per heavy atom. The topological polar surface area (TPSA) is 17.8 Å². The molecule has 0 saturated carbocycles. The van der Waals surface area contributed by atoms with Crippen molar-refractivity contribution >= 4 is 34.2 Å². The zero-order valence-electron chi connectivity index (χ0n) is 4.23. The number of rotatable bonds is 0. The van der Waals surface area contributed by atoms with Gasteiger partial charge in [0.15, 0.2) is 5.15 Å². The molecule has 0 unspecified atom stereocenters. The zero-order valence-corrected chi connectivity index (χ0v) is 7.14. The maximum Gasteiger partial charge on any atom is 0.164 e. The average Bonchev–Trinajstić information content (AvgIpc) is 1.85. The number of hydrogen-bond acceptors (Lipinski definition) is 1. The first-order chi connectivity index (χ1) is 3.70. The van der Waals surface area contributed by atoms with Crippen molar-refractivity contribution in [2.75, 3.05) is 0 Å². The fourth-order valence-corrected chi connectivity index (χ4v) is 1.11. The van der Waals surface area contributed by atoms with Gasteiger partial charge in [0, 0.05) is 13.2 Å². The van der Waals surface area contributed by atoms with Gasteiger partial charge in [0.2, 0.25) is 0 Å². The fraction of sp³-hybridized carbons (Fsp3) is 0.250. The number of hydrogen-bond donors (Lipinski definition) is 0. The minimum Gasteiger partial charge on any atom is -0.273 e. The lowest BCUT2D eigenvalue weighted by atomic mass is 10.7. The Morgan fingerprint density at radius 3 is 2.62 bits per heavy atom. The summed E-state index contributed by atoms with van der Waals surface area (Å²) in [4.78, 5) is 0. The summed E-state index contributed by atoms with van der Waals surface area (Å²) in [5.74, 6) is 0. The van der Waals surface area contributed by atoms with Gasteiger partial charge in [-0.25, -0.2) is 0 Å². The predicted octanol–water partition coefficient (Wildman–Crippen LogP) is 1.68. The molecule has 0 aromatic carbocycles. The van der Waals surface area contributed by atoms with E-state index in [1.807, 2.05) is 13.2 Å². The molecule has 0 spiro atoms. The van der Waals surface area contributed by atoms with Gasteiger partial charge in [0.25, 0.3) is 0 Å². The normalized spacial score (nSPS) is 9.88. The molecule has 0 aliphatic carbocycles. The molecular weight excluding hydrogens is 238 g/mol. The monoisotopic (exact) mass is 242 g/mol. The van der Waals surface area contributed by atoms with Gasteiger partial charge in [-0.3, -0.25) is 4.68 Å². The van der Waals surface area contributed by atoms with Crippen LogP contribution in [0.1, 0.15) is 0 Å². The Balaban J connectivity index is 3.14. The van der Waals surface area contributed by atoms with Crippen LogP contribution in [0.4, 0.5) is 0 Å². The molecule has 0 aliphatic rings. The van der Waals surface area contributed by atoms with Gasteiger partial charge in [-0.05, 0) is 22.6 Å². The first kappa shape index (κ1) is 6.35. The molecule has 0 N–H and O–H groups in total. The molecule has 0 radical (unpaired) electrons. The summed E-state index contributed by atoms with van der Waals surface area (Å²) in [5, 5.41) is 4.46. The second-order valence-corrected chi connectivity index (χ2v) is 2.96. The van der Waals surface area contributed by atoms with Crippen molar-refractivity contribution in [1.29, 1.82) is 0 Å². The van der Waals surface area contributed by atoms with E-state index in [0.717, 1.165) is 3.57 Å². The van der Waals surface area contributed by atoms with E-state index in [1.54, 1.807) is 4.68 Å². The van der Waals surface area contributed by atoms with E-state index in [0.29, 0.717) is 5.15 Å². The maximum atomic E-state index is 5.59. The van der Waals surface area contributed by atoms with E-state index < -0.39 is 0 Å². The Labute approximate surface area is 66.0 Å². The third kappa shape index (κ3) is 1.14. The largest absolute Gasteiger partial charge is 0.273 e. The van der Waals surface area contributed by atoms with Gasteiger partial charge in [0.1, 0.15) is 0 Å². The lowest BCUT2D eigenvalue weighted by Gasteiger charge is -1.78. The van der Waals surface area contributed by atoms with Crippen molar-refractivity contribution in [2.45, 2.75) is 0 Å². The van der Waals surface area contributed by atoms with Crippen molar-refractivity contribution < 1.29 is 0 Å². The molecule has 0 saturated heterocycles. The highest BCUT2D eigenvalue weighted by molar-refractivity contribution is 14.1. The lowest BCUT2D eigenvalue weighted by Crippen LogP contribution is -1.84. The number of halogens is 2. The highest BCUT2D eigenvalue weighted by Crippen LogP contribution is 2.13. The molecule has 1 aromatic heterocycles. The van der Waals surface area contributed by atoms with Crippen LogP contribution in [0.2, 0.25) is 5.15 Å². The van der Waals surface area contributed by atoms with Crippen molar-refractivity contribution in [3.8, 4) is 0 Å². The predicted molar refractivity (Wildman–Crippen MR) is 40.9 cm³/mol. The summed E-state index contributed by atoms with van der Waals surface area (Å²) in [7, 11) is 1.84. The molecule has 0 atom stereocenters. The van der Waals surface area contributed by atoms with Crippen LogP contribution < -0.4 is 0 Å². The molecule has 44 valence electrons. The van der Waals surface area contributed by atoms with Crippen molar-refractivity contribution in [3.63, 3.8) is 0 Å². The number of nitrogens with zero attached hydrogens (tertiary/aromatic N) is 2. The quantitative estimate of drug-likeness (QED) is 0.633. The van der Waals surface area contributed by atoms with E-state index in [4.69, 9.17) is 11.6 Å². The van der Waals surface area contributed by atoms with Crippen LogP contribution in [0.25, 0.3) is 0 Å². The average molecular weight is 242 g/mol. The summed E-state index contributed by atoms with van der Waals surface area (Å²) in [5.41, 5.74) is 0. The Bertz CT molecular complexity index is 176. The zero-order chi connectivity index (χ0) is 6.15. The lowest BCUT2D eigenvalue weighted by molar-refractivity contribution is 0.768. The summed E-state index contributed by atoms with van der Waals surface area (Å²) < 4.78 is 2.68. The van der Waals surface area contributed by atoms with Gasteiger partial charge in [-0.2, -0.15) is 5.10 Å². The fourth-order valence-electron chi connectivity index (χ4n) is 0.432. The summed E-state index contributed by atoms with van der Waals surface area (Å²) in [6.07, 6.45) is 1.86. The highest BCUT2D eigenvalue weighted by Gasteiger charge is 1.97. The first-order valence-electron chi connectivity index (χ1n) is 2.05. The SMILES string of the molecule is Cn1cc(I)c(Cl)n1. The summed E-state index contributed by atoms with van der Waals surface area (Å²) >= 11 is 7.72. The smallest absolute Gasteiger partial charge is 0.164 e. The molecule has 1 rings (SSSR count). The third-order valence-corrected chi connectivity index (χ3v) is 2.13. The second-order valence-electron chi connectivity index (χ2n) is 1.44. The van der Waals surface area contributed by atoms with Crippen LogP contribution in [0.5, 0.6) is 0 Å². The molecule has 1 heterocycles. The van der Waals surface area contributed by atoms with Gasteiger partial charge >= 0.3 is 0 Å². The highest BCUT2D eigenvalue weighted by atomic mass is 127. The van der Waals surface area contributed by atoms with Gasteiger partial charge in [0.05, 0.1) is 3.57 Å². The summed E-state index contributed by atoms with van der Waals surface area (Å²) in [6.45, 7) is 0. The van der Waals surface area contributed by atoms with Crippen LogP contribution in [0, 0.1) is 3.57 Å². The van der Waals surface area contributed by atoms with Crippen LogP contribution >= 0.6 is 34.2 Å². The number of aryl methyl sites for hydroxylation is 1. The van der Waals surface area contributed by atoms with Crippen molar-refractivity contribution in [1.82, 2.24) is 9.78 Å². The van der Waals surface area contributed by atoms with Crippen LogP contribution in [-0.2, 0) is 7.05 Å². The molecule has 2 nitrogen and oxygen atoms in total. The van der Waals surface area contributed by atoms with E-state index in [-0.39, 0.29) is 0 Å². The molecule has 0 amide bonds. The molecule has 0 aliphatic heterocycles.